The lowest BCUT2D eigenvalue weighted by atomic mass is 10.1. The first-order chi connectivity index (χ1) is 11.0. The highest BCUT2D eigenvalue weighted by atomic mass is 32.2. The van der Waals surface area contributed by atoms with Gasteiger partial charge in [0.25, 0.3) is 6.09 Å². The quantitative estimate of drug-likeness (QED) is 0.606. The summed E-state index contributed by atoms with van der Waals surface area (Å²) in [5.74, 6) is 1.50. The van der Waals surface area contributed by atoms with E-state index in [-0.39, 0.29) is 15.1 Å². The molecule has 0 bridgehead atoms. The smallest absolute Gasteiger partial charge is 0.365 e. The molecule has 1 amide bonds. The minimum absolute atomic E-state index is 0.228. The molecule has 0 saturated carbocycles. The Morgan fingerprint density at radius 3 is 2.52 bits per heavy atom. The van der Waals surface area contributed by atoms with Crippen LogP contribution < -0.4 is 5.11 Å². The third-order valence-electron chi connectivity index (χ3n) is 4.58. The van der Waals surface area contributed by atoms with Gasteiger partial charge in [-0.1, -0.05) is 30.3 Å². The van der Waals surface area contributed by atoms with E-state index in [0.29, 0.717) is 13.0 Å². The Morgan fingerprint density at radius 1 is 1.30 bits per heavy atom. The van der Waals surface area contributed by atoms with Gasteiger partial charge in [-0.05, 0) is 0 Å². The van der Waals surface area contributed by atoms with Gasteiger partial charge in [0, 0.05) is 23.5 Å². The minimum atomic E-state index is -1.20. The average molecular weight is 353 g/mol. The second kappa shape index (κ2) is 6.37. The minimum Gasteiger partial charge on any atom is -0.498 e. The number of nitrogens with zero attached hydrogens (tertiary/aromatic N) is 1. The predicted molar refractivity (Wildman–Crippen MR) is 88.7 cm³/mol. The molecule has 2 saturated heterocycles. The van der Waals surface area contributed by atoms with Crippen molar-refractivity contribution in [2.45, 2.75) is 23.1 Å². The maximum Gasteiger partial charge on any atom is 0.365 e. The Kier molecular flexibility index (Phi) is 4.62. The number of carbonyl (C=O) groups excluding carboxylic acids is 2. The maximum absolute atomic E-state index is 12.3. The van der Waals surface area contributed by atoms with Crippen LogP contribution in [0.1, 0.15) is 12.0 Å². The SMILES string of the molecule is COC(=O)[C@@H]1CC2(C[N+]1(Cc1ccccc1)C(=O)[O-])SCCS2. The molecule has 124 valence electrons. The fraction of sp³-hybridized carbons (Fsp3) is 0.500. The highest BCUT2D eigenvalue weighted by Crippen LogP contribution is 2.54. The lowest BCUT2D eigenvalue weighted by Gasteiger charge is -2.38. The first kappa shape index (κ1) is 16.7. The Hall–Kier alpha value is -1.18. The Labute approximate surface area is 144 Å². The number of hydrogen-bond donors (Lipinski definition) is 0. The number of thioether (sulfide) groups is 2. The number of esters is 1. The first-order valence-electron chi connectivity index (χ1n) is 7.49. The van der Waals surface area contributed by atoms with Crippen molar-refractivity contribution in [3.05, 3.63) is 35.9 Å². The summed E-state index contributed by atoms with van der Waals surface area (Å²) in [6.07, 6.45) is -0.690. The summed E-state index contributed by atoms with van der Waals surface area (Å²) in [5.41, 5.74) is 0.885. The van der Waals surface area contributed by atoms with Gasteiger partial charge in [0.2, 0.25) is 0 Å². The predicted octanol–water partition coefficient (Wildman–Crippen LogP) is 1.47. The molecule has 2 atom stereocenters. The Bertz CT molecular complexity index is 603. The van der Waals surface area contributed by atoms with Crippen LogP contribution in [0.15, 0.2) is 30.3 Å². The number of ether oxygens (including phenoxy) is 1. The van der Waals surface area contributed by atoms with E-state index >= 15 is 0 Å². The van der Waals surface area contributed by atoms with Crippen LogP contribution in [0.25, 0.3) is 0 Å². The van der Waals surface area contributed by atoms with Crippen LogP contribution in [0.4, 0.5) is 4.79 Å². The van der Waals surface area contributed by atoms with E-state index in [0.717, 1.165) is 17.1 Å². The summed E-state index contributed by atoms with van der Waals surface area (Å²) < 4.78 is 4.31. The lowest BCUT2D eigenvalue weighted by molar-refractivity contribution is -0.892. The summed E-state index contributed by atoms with van der Waals surface area (Å²) in [4.78, 5) is 24.5. The van der Waals surface area contributed by atoms with Gasteiger partial charge in [0.05, 0.1) is 7.11 Å². The Balaban J connectivity index is 2.00. The number of quaternary nitrogens is 1. The second-order valence-electron chi connectivity index (χ2n) is 5.95. The molecule has 2 aliphatic heterocycles. The standard InChI is InChI=1S/C16H19NO4S2/c1-21-14(18)13-9-16(22-7-8-23-16)11-17(13,15(19)20)10-12-5-3-2-4-6-12/h2-6,13H,7-11H2,1H3/t13-,17?/m0/s1. The number of hydrogen-bond acceptors (Lipinski definition) is 6. The summed E-state index contributed by atoms with van der Waals surface area (Å²) in [7, 11) is 1.31. The molecule has 0 aliphatic carbocycles. The summed E-state index contributed by atoms with van der Waals surface area (Å²) in [6.45, 7) is 0.630. The molecule has 2 fully saturated rings. The zero-order chi connectivity index (χ0) is 16.5. The number of methoxy groups -OCH3 is 1. The van der Waals surface area contributed by atoms with Crippen molar-refractivity contribution in [1.82, 2.24) is 0 Å². The molecule has 3 rings (SSSR count). The fourth-order valence-electron chi connectivity index (χ4n) is 3.53. The van der Waals surface area contributed by atoms with Crippen molar-refractivity contribution in [3.63, 3.8) is 0 Å². The average Bonchev–Trinajstić information content (AvgIpc) is 3.13. The molecule has 2 heterocycles. The lowest BCUT2D eigenvalue weighted by Crippen LogP contribution is -2.63. The molecule has 0 N–H and O–H groups in total. The number of carboxylic acid groups (broad SMARTS) is 1. The molecule has 1 unspecified atom stereocenters. The van der Waals surface area contributed by atoms with Gasteiger partial charge in [-0.2, -0.15) is 0 Å². The topological polar surface area (TPSA) is 66.4 Å². The van der Waals surface area contributed by atoms with Crippen LogP contribution in [-0.2, 0) is 16.1 Å². The van der Waals surface area contributed by atoms with E-state index in [9.17, 15) is 14.7 Å². The van der Waals surface area contributed by atoms with Crippen LogP contribution in [-0.4, -0.2) is 51.8 Å². The highest BCUT2D eigenvalue weighted by Gasteiger charge is 2.61. The summed E-state index contributed by atoms with van der Waals surface area (Å²) >= 11 is 3.53. The van der Waals surface area contributed by atoms with Crippen molar-refractivity contribution in [1.29, 1.82) is 0 Å². The summed E-state index contributed by atoms with van der Waals surface area (Å²) in [6, 6.07) is 8.69. The molecule has 7 heteroatoms. The van der Waals surface area contributed by atoms with Crippen molar-refractivity contribution in [2.75, 3.05) is 25.2 Å². The molecular weight excluding hydrogens is 334 g/mol. The van der Waals surface area contributed by atoms with Crippen LogP contribution >= 0.6 is 23.5 Å². The van der Waals surface area contributed by atoms with E-state index in [4.69, 9.17) is 4.74 Å². The molecule has 1 aromatic rings. The van der Waals surface area contributed by atoms with Crippen molar-refractivity contribution in [2.24, 2.45) is 0 Å². The van der Waals surface area contributed by atoms with Gasteiger partial charge < -0.3 is 14.6 Å². The van der Waals surface area contributed by atoms with Crippen LogP contribution in [0.2, 0.25) is 0 Å². The van der Waals surface area contributed by atoms with Gasteiger partial charge in [-0.25, -0.2) is 4.79 Å². The molecule has 1 spiro atoms. The number of amides is 1. The molecule has 0 aromatic heterocycles. The zero-order valence-electron chi connectivity index (χ0n) is 12.9. The number of carbonyl (C=O) groups is 2. The van der Waals surface area contributed by atoms with E-state index in [1.807, 2.05) is 30.3 Å². The Morgan fingerprint density at radius 2 is 1.96 bits per heavy atom. The second-order valence-corrected chi connectivity index (χ2v) is 9.17. The van der Waals surface area contributed by atoms with Crippen LogP contribution in [0.5, 0.6) is 0 Å². The number of rotatable bonds is 3. The molecular formula is C16H19NO4S2. The van der Waals surface area contributed by atoms with Crippen molar-refractivity contribution >= 4 is 35.6 Å². The molecule has 5 nitrogen and oxygen atoms in total. The van der Waals surface area contributed by atoms with Gasteiger partial charge in [0.1, 0.15) is 17.2 Å². The van der Waals surface area contributed by atoms with Crippen molar-refractivity contribution in [3.8, 4) is 0 Å². The zero-order valence-corrected chi connectivity index (χ0v) is 14.5. The van der Waals surface area contributed by atoms with E-state index in [2.05, 4.69) is 0 Å². The van der Waals surface area contributed by atoms with Gasteiger partial charge in [0.15, 0.2) is 6.04 Å². The van der Waals surface area contributed by atoms with E-state index in [1.54, 1.807) is 23.5 Å². The monoisotopic (exact) mass is 353 g/mol. The van der Waals surface area contributed by atoms with Gasteiger partial charge in [-0.3, -0.25) is 4.48 Å². The van der Waals surface area contributed by atoms with Crippen molar-refractivity contribution < 1.29 is 23.9 Å². The summed E-state index contributed by atoms with van der Waals surface area (Å²) in [5, 5.41) is 12.1. The first-order valence-corrected chi connectivity index (χ1v) is 9.46. The molecule has 2 aliphatic rings. The highest BCUT2D eigenvalue weighted by molar-refractivity contribution is 8.21. The van der Waals surface area contributed by atoms with E-state index < -0.39 is 18.1 Å². The maximum atomic E-state index is 12.3. The normalized spacial score (nSPS) is 28.8. The molecule has 0 radical (unpaired) electrons. The largest absolute Gasteiger partial charge is 0.498 e. The van der Waals surface area contributed by atoms with Gasteiger partial charge >= 0.3 is 5.97 Å². The fourth-order valence-corrected chi connectivity index (χ4v) is 6.97. The van der Waals surface area contributed by atoms with Crippen LogP contribution in [0, 0.1) is 0 Å². The number of benzene rings is 1. The van der Waals surface area contributed by atoms with E-state index in [1.165, 1.54) is 7.11 Å². The number of likely N-dealkylation sites (tertiary alicyclic amines) is 1. The molecule has 1 aromatic carbocycles. The third kappa shape index (κ3) is 2.97. The van der Waals surface area contributed by atoms with Gasteiger partial charge in [-0.15, -0.1) is 23.5 Å². The van der Waals surface area contributed by atoms with Crippen LogP contribution in [0.3, 0.4) is 0 Å². The molecule has 23 heavy (non-hydrogen) atoms. The third-order valence-corrected chi connectivity index (χ3v) is 8.01.